The molecule has 36 heavy (non-hydrogen) atoms. The zero-order valence-electron chi connectivity index (χ0n) is 18.1. The number of nitrogens with zero attached hydrogens (tertiary/aromatic N) is 3. The van der Waals surface area contributed by atoms with Crippen LogP contribution in [0.25, 0.3) is 0 Å². The van der Waals surface area contributed by atoms with Crippen LogP contribution in [0.4, 0.5) is 18.9 Å². The number of thiazole rings is 1. The molecule has 0 spiro atoms. The molecule has 2 aromatic heterocycles. The molecule has 188 valence electrons. The predicted octanol–water partition coefficient (Wildman–Crippen LogP) is 4.57. The molecule has 0 fully saturated rings. The highest BCUT2D eigenvalue weighted by atomic mass is 35.5. The van der Waals surface area contributed by atoms with Gasteiger partial charge < -0.3 is 15.7 Å². The van der Waals surface area contributed by atoms with E-state index in [-0.39, 0.29) is 40.1 Å². The minimum atomic E-state index is -4.67. The van der Waals surface area contributed by atoms with Gasteiger partial charge >= 0.3 is 6.18 Å². The monoisotopic (exact) mass is 557 g/mol. The van der Waals surface area contributed by atoms with E-state index in [0.717, 1.165) is 29.8 Å². The Kier molecular flexibility index (Phi) is 9.22. The van der Waals surface area contributed by atoms with Crippen molar-refractivity contribution in [1.82, 2.24) is 20.3 Å². The van der Waals surface area contributed by atoms with E-state index in [1.165, 1.54) is 12.3 Å². The van der Waals surface area contributed by atoms with Crippen LogP contribution >= 0.6 is 34.5 Å². The standard InChI is InChI=1S/C22H16Cl2F3N5O3S/c23-14-6-5-12(8-13(14)22(25,26)27)32-20(34)16-9-28-17(36-16)10-29-21(35)19-18(24)15(30-11-31-19)4-2-1-3-7-33/h5-6,8-9,11,33H,1,3,7,10H2,(H,29,35)(H,32,34). The molecule has 2 heterocycles. The third-order valence-corrected chi connectivity index (χ3v) is 6.06. The van der Waals surface area contributed by atoms with Crippen molar-refractivity contribution in [3.63, 3.8) is 0 Å². The Balaban J connectivity index is 1.63. The van der Waals surface area contributed by atoms with Gasteiger partial charge in [0.05, 0.1) is 23.3 Å². The maximum Gasteiger partial charge on any atom is 0.417 e. The van der Waals surface area contributed by atoms with Gasteiger partial charge in [-0.05, 0) is 30.5 Å². The van der Waals surface area contributed by atoms with Gasteiger partial charge in [0.15, 0.2) is 5.69 Å². The third kappa shape index (κ3) is 7.14. The average Bonchev–Trinajstić information content (AvgIpc) is 3.31. The number of anilines is 1. The zero-order chi connectivity index (χ0) is 26.3. The number of unbranched alkanes of at least 4 members (excludes halogenated alkanes) is 1. The number of rotatable bonds is 7. The summed E-state index contributed by atoms with van der Waals surface area (Å²) in [6, 6.07) is 3.02. The molecule has 0 unspecified atom stereocenters. The molecule has 0 saturated heterocycles. The Morgan fingerprint density at radius 1 is 1.14 bits per heavy atom. The van der Waals surface area contributed by atoms with Crippen LogP contribution in [-0.2, 0) is 12.7 Å². The van der Waals surface area contributed by atoms with Crippen LogP contribution in [0.15, 0.2) is 30.7 Å². The van der Waals surface area contributed by atoms with Gasteiger partial charge in [-0.3, -0.25) is 9.59 Å². The molecule has 1 aromatic carbocycles. The highest BCUT2D eigenvalue weighted by Gasteiger charge is 2.33. The third-order valence-electron chi connectivity index (χ3n) is 4.38. The van der Waals surface area contributed by atoms with Crippen molar-refractivity contribution in [2.45, 2.75) is 25.6 Å². The van der Waals surface area contributed by atoms with Crippen molar-refractivity contribution < 1.29 is 27.9 Å². The quantitative estimate of drug-likeness (QED) is 0.289. The fourth-order valence-electron chi connectivity index (χ4n) is 2.68. The molecule has 0 aliphatic carbocycles. The van der Waals surface area contributed by atoms with E-state index in [1.807, 2.05) is 0 Å². The minimum Gasteiger partial charge on any atom is -0.396 e. The summed E-state index contributed by atoms with van der Waals surface area (Å²) < 4.78 is 39.1. The number of nitrogens with one attached hydrogen (secondary N) is 2. The lowest BCUT2D eigenvalue weighted by Gasteiger charge is -2.11. The number of carbonyl (C=O) groups is 2. The second-order valence-electron chi connectivity index (χ2n) is 6.96. The molecule has 3 N–H and O–H groups in total. The Bertz CT molecular complexity index is 1340. The van der Waals surface area contributed by atoms with E-state index < -0.39 is 28.6 Å². The van der Waals surface area contributed by atoms with Crippen LogP contribution < -0.4 is 10.6 Å². The lowest BCUT2D eigenvalue weighted by Crippen LogP contribution is -2.24. The smallest absolute Gasteiger partial charge is 0.396 e. The molecule has 8 nitrogen and oxygen atoms in total. The molecule has 3 rings (SSSR count). The van der Waals surface area contributed by atoms with Gasteiger partial charge in [0, 0.05) is 18.7 Å². The second-order valence-corrected chi connectivity index (χ2v) is 8.86. The first-order valence-electron chi connectivity index (χ1n) is 10.1. The van der Waals surface area contributed by atoms with Crippen molar-refractivity contribution in [2.75, 3.05) is 11.9 Å². The van der Waals surface area contributed by atoms with Crippen LogP contribution in [0.3, 0.4) is 0 Å². The number of carbonyl (C=O) groups excluding carboxylic acids is 2. The van der Waals surface area contributed by atoms with E-state index >= 15 is 0 Å². The minimum absolute atomic E-state index is 0.0000870. The number of aromatic nitrogens is 3. The number of hydrogen-bond donors (Lipinski definition) is 3. The lowest BCUT2D eigenvalue weighted by molar-refractivity contribution is -0.137. The number of aliphatic hydroxyl groups excluding tert-OH is 1. The van der Waals surface area contributed by atoms with Gasteiger partial charge in [-0.2, -0.15) is 13.2 Å². The van der Waals surface area contributed by atoms with Crippen molar-refractivity contribution in [2.24, 2.45) is 0 Å². The van der Waals surface area contributed by atoms with Crippen LogP contribution in [0.1, 0.15) is 49.3 Å². The normalized spacial score (nSPS) is 10.9. The summed E-state index contributed by atoms with van der Waals surface area (Å²) in [6.45, 7) is -0.0616. The Morgan fingerprint density at radius 2 is 1.92 bits per heavy atom. The van der Waals surface area contributed by atoms with Gasteiger partial charge in [0.2, 0.25) is 0 Å². The topological polar surface area (TPSA) is 117 Å². The summed E-state index contributed by atoms with van der Waals surface area (Å²) in [4.78, 5) is 36.9. The van der Waals surface area contributed by atoms with Crippen molar-refractivity contribution >= 4 is 52.0 Å². The molecular weight excluding hydrogens is 542 g/mol. The number of amides is 2. The highest BCUT2D eigenvalue weighted by Crippen LogP contribution is 2.36. The summed E-state index contributed by atoms with van der Waals surface area (Å²) in [6.07, 6.45) is -1.37. The molecule has 3 aromatic rings. The number of benzene rings is 1. The molecule has 0 atom stereocenters. The SMILES string of the molecule is O=C(Nc1ccc(Cl)c(C(F)(F)F)c1)c1cnc(CNC(=O)c2ncnc(C#CCCCO)c2Cl)s1. The van der Waals surface area contributed by atoms with E-state index in [9.17, 15) is 22.8 Å². The van der Waals surface area contributed by atoms with Crippen LogP contribution in [0, 0.1) is 11.8 Å². The molecule has 0 bridgehead atoms. The average molecular weight is 558 g/mol. The van der Waals surface area contributed by atoms with Crippen LogP contribution in [0.2, 0.25) is 10.0 Å². The van der Waals surface area contributed by atoms with Gasteiger partial charge in [-0.1, -0.05) is 29.1 Å². The van der Waals surface area contributed by atoms with E-state index in [0.29, 0.717) is 17.8 Å². The van der Waals surface area contributed by atoms with E-state index in [1.54, 1.807) is 0 Å². The maximum atomic E-state index is 13.0. The number of aliphatic hydroxyl groups is 1. The number of hydrogen-bond acceptors (Lipinski definition) is 7. The van der Waals surface area contributed by atoms with Crippen molar-refractivity contribution in [3.05, 3.63) is 67.6 Å². The Hall–Kier alpha value is -3.24. The Labute approximate surface area is 216 Å². The maximum absolute atomic E-state index is 13.0. The first-order valence-corrected chi connectivity index (χ1v) is 11.7. The van der Waals surface area contributed by atoms with E-state index in [4.69, 9.17) is 28.3 Å². The highest BCUT2D eigenvalue weighted by molar-refractivity contribution is 7.13. The summed E-state index contributed by atoms with van der Waals surface area (Å²) in [5.74, 6) is 4.21. The molecular formula is C22H16Cl2F3N5O3S. The predicted molar refractivity (Wildman–Crippen MR) is 128 cm³/mol. The fourth-order valence-corrected chi connectivity index (χ4v) is 3.89. The molecule has 0 saturated carbocycles. The van der Waals surface area contributed by atoms with Crippen LogP contribution in [0.5, 0.6) is 0 Å². The molecule has 14 heteroatoms. The summed E-state index contributed by atoms with van der Waals surface area (Å²) in [7, 11) is 0. The fraction of sp³-hybridized carbons (Fsp3) is 0.227. The van der Waals surface area contributed by atoms with Crippen molar-refractivity contribution in [3.8, 4) is 11.8 Å². The zero-order valence-corrected chi connectivity index (χ0v) is 20.4. The second kappa shape index (κ2) is 12.1. The number of alkyl halides is 3. The van der Waals surface area contributed by atoms with Crippen molar-refractivity contribution in [1.29, 1.82) is 0 Å². The number of halogens is 5. The molecule has 0 aliphatic rings. The van der Waals surface area contributed by atoms with Gasteiger partial charge in [0.1, 0.15) is 26.9 Å². The Morgan fingerprint density at radius 3 is 2.64 bits per heavy atom. The molecule has 2 amide bonds. The van der Waals surface area contributed by atoms with E-state index in [2.05, 4.69) is 37.4 Å². The summed E-state index contributed by atoms with van der Waals surface area (Å²) in [5, 5.41) is 13.6. The molecule has 0 radical (unpaired) electrons. The lowest BCUT2D eigenvalue weighted by atomic mass is 10.2. The van der Waals surface area contributed by atoms with Crippen LogP contribution in [-0.4, -0.2) is 38.5 Å². The van der Waals surface area contributed by atoms with Gasteiger partial charge in [-0.15, -0.1) is 11.3 Å². The largest absolute Gasteiger partial charge is 0.417 e. The molecule has 0 aliphatic heterocycles. The van der Waals surface area contributed by atoms with Gasteiger partial charge in [0.25, 0.3) is 11.8 Å². The first kappa shape index (κ1) is 27.3. The summed E-state index contributed by atoms with van der Waals surface area (Å²) in [5.41, 5.74) is -1.10. The summed E-state index contributed by atoms with van der Waals surface area (Å²) >= 11 is 12.7. The first-order chi connectivity index (χ1) is 17.1. The van der Waals surface area contributed by atoms with Gasteiger partial charge in [-0.25, -0.2) is 15.0 Å².